The summed E-state index contributed by atoms with van der Waals surface area (Å²) in [5.74, 6) is 1.57. The molecular weight excluding hydrogens is 503 g/mol. The Morgan fingerprint density at radius 1 is 1.09 bits per heavy atom. The van der Waals surface area contributed by atoms with Crippen LogP contribution in [0.2, 0.25) is 5.02 Å². The van der Waals surface area contributed by atoms with Gasteiger partial charge in [-0.15, -0.1) is 24.8 Å². The second-order valence-electron chi connectivity index (χ2n) is 8.27. The van der Waals surface area contributed by atoms with Crippen LogP contribution in [0, 0.1) is 6.92 Å². The lowest BCUT2D eigenvalue weighted by Gasteiger charge is -2.27. The maximum atomic E-state index is 6.00. The smallest absolute Gasteiger partial charge is 0.154 e. The largest absolute Gasteiger partial charge is 0.367 e. The topological polar surface area (TPSA) is 88.4 Å². The lowest BCUT2D eigenvalue weighted by molar-refractivity contribution is 0.330. The van der Waals surface area contributed by atoms with Gasteiger partial charge in [-0.3, -0.25) is 4.99 Å². The van der Waals surface area contributed by atoms with Gasteiger partial charge >= 0.3 is 0 Å². The summed E-state index contributed by atoms with van der Waals surface area (Å²) in [6.07, 6.45) is 9.51. The first-order valence-corrected chi connectivity index (χ1v) is 11.7. The van der Waals surface area contributed by atoms with E-state index in [1.165, 1.54) is 18.4 Å². The maximum absolute atomic E-state index is 6.00. The highest BCUT2D eigenvalue weighted by Crippen LogP contribution is 2.23. The first-order chi connectivity index (χ1) is 15.6. The average Bonchev–Trinajstić information content (AvgIpc) is 3.34. The zero-order valence-corrected chi connectivity index (χ0v) is 22.7. The molecule has 1 aromatic heterocycles. The van der Waals surface area contributed by atoms with Gasteiger partial charge in [-0.05, 0) is 49.2 Å². The van der Waals surface area contributed by atoms with Gasteiger partial charge in [-0.2, -0.15) is 0 Å². The Morgan fingerprint density at radius 3 is 2.54 bits per heavy atom. The standard InChI is InChI=1S/C26H30ClN5.2ClH.H3N/c1-3-4-5-22(32-15-14-28-18-32)17-29-26-23-16-19(2)6-12-24(23)30-25(31-26)13-9-20-7-10-21(27)11-8-20;;;/h6-13,16,18,22H,3-5,14-15,17H2,1-2H3,(H,29,30,31);2*1H;1H3. The molecular formula is C26H35Cl3N6. The predicted molar refractivity (Wildman–Crippen MR) is 156 cm³/mol. The van der Waals surface area contributed by atoms with Gasteiger partial charge in [0, 0.05) is 29.5 Å². The minimum Gasteiger partial charge on any atom is -0.367 e. The molecule has 0 aliphatic carbocycles. The minimum absolute atomic E-state index is 0. The van der Waals surface area contributed by atoms with E-state index in [0.29, 0.717) is 11.9 Å². The molecule has 0 fully saturated rings. The van der Waals surface area contributed by atoms with Gasteiger partial charge in [0.05, 0.1) is 18.4 Å². The lowest BCUT2D eigenvalue weighted by Crippen LogP contribution is -2.38. The number of aryl methyl sites for hydroxylation is 1. The predicted octanol–water partition coefficient (Wildman–Crippen LogP) is 7.08. The first-order valence-electron chi connectivity index (χ1n) is 11.3. The van der Waals surface area contributed by atoms with Crippen molar-refractivity contribution in [3.05, 3.63) is 64.4 Å². The Labute approximate surface area is 225 Å². The zero-order chi connectivity index (χ0) is 22.3. The van der Waals surface area contributed by atoms with Crippen molar-refractivity contribution in [1.82, 2.24) is 21.0 Å². The van der Waals surface area contributed by atoms with Crippen LogP contribution >= 0.6 is 36.4 Å². The van der Waals surface area contributed by atoms with Crippen LogP contribution in [0.4, 0.5) is 5.82 Å². The number of nitrogens with one attached hydrogen (secondary N) is 1. The highest BCUT2D eigenvalue weighted by molar-refractivity contribution is 6.30. The second kappa shape index (κ2) is 14.9. The number of anilines is 1. The Hall–Kier alpha value is -2.38. The van der Waals surface area contributed by atoms with Gasteiger partial charge in [-0.25, -0.2) is 9.97 Å². The summed E-state index contributed by atoms with van der Waals surface area (Å²) in [5, 5.41) is 5.42. The van der Waals surface area contributed by atoms with Gasteiger partial charge in [0.15, 0.2) is 5.82 Å². The van der Waals surface area contributed by atoms with Crippen LogP contribution in [0.15, 0.2) is 47.5 Å². The van der Waals surface area contributed by atoms with Crippen LogP contribution in [0.25, 0.3) is 23.1 Å². The van der Waals surface area contributed by atoms with Crippen molar-refractivity contribution < 1.29 is 0 Å². The number of benzene rings is 2. The van der Waals surface area contributed by atoms with Crippen LogP contribution in [0.1, 0.15) is 43.1 Å². The molecule has 4 rings (SSSR count). The Bertz CT molecular complexity index is 1120. The van der Waals surface area contributed by atoms with E-state index in [0.717, 1.165) is 53.4 Å². The summed E-state index contributed by atoms with van der Waals surface area (Å²) in [6.45, 7) is 7.05. The molecule has 9 heteroatoms. The molecule has 6 nitrogen and oxygen atoms in total. The molecule has 35 heavy (non-hydrogen) atoms. The number of aliphatic imine (C=N–C) groups is 1. The normalized spacial score (nSPS) is 13.3. The number of rotatable bonds is 9. The molecule has 3 aromatic rings. The Morgan fingerprint density at radius 2 is 1.86 bits per heavy atom. The van der Waals surface area contributed by atoms with E-state index in [-0.39, 0.29) is 31.0 Å². The molecule has 0 spiro atoms. The molecule has 4 N–H and O–H groups in total. The van der Waals surface area contributed by atoms with Crippen molar-refractivity contribution in [2.45, 2.75) is 39.2 Å². The number of hydrogen-bond donors (Lipinski definition) is 2. The number of unbranched alkanes of at least 4 members (excludes halogenated alkanes) is 1. The van der Waals surface area contributed by atoms with Crippen molar-refractivity contribution in [1.29, 1.82) is 0 Å². The van der Waals surface area contributed by atoms with Crippen LogP contribution in [0.3, 0.4) is 0 Å². The molecule has 1 aliphatic rings. The monoisotopic (exact) mass is 536 g/mol. The van der Waals surface area contributed by atoms with Gasteiger partial charge in [0.2, 0.25) is 0 Å². The van der Waals surface area contributed by atoms with E-state index in [2.05, 4.69) is 47.3 Å². The highest BCUT2D eigenvalue weighted by Gasteiger charge is 2.18. The fourth-order valence-electron chi connectivity index (χ4n) is 3.92. The van der Waals surface area contributed by atoms with Crippen LogP contribution < -0.4 is 11.5 Å². The summed E-state index contributed by atoms with van der Waals surface area (Å²) in [5.41, 5.74) is 3.20. The van der Waals surface area contributed by atoms with Crippen molar-refractivity contribution in [3.8, 4) is 0 Å². The third-order valence-corrected chi connectivity index (χ3v) is 6.00. The molecule has 1 unspecified atom stereocenters. The summed E-state index contributed by atoms with van der Waals surface area (Å²) >= 11 is 6.00. The Balaban J connectivity index is 0.00000204. The molecule has 0 radical (unpaired) electrons. The fourth-order valence-corrected chi connectivity index (χ4v) is 4.05. The zero-order valence-electron chi connectivity index (χ0n) is 20.3. The molecule has 0 bridgehead atoms. The minimum atomic E-state index is 0. The van der Waals surface area contributed by atoms with Crippen molar-refractivity contribution >= 4 is 71.6 Å². The maximum Gasteiger partial charge on any atom is 0.154 e. The lowest BCUT2D eigenvalue weighted by atomic mass is 10.1. The second-order valence-corrected chi connectivity index (χ2v) is 8.71. The molecule has 190 valence electrons. The SMILES string of the molecule is CCCCC(CNc1nc(C=Cc2ccc(Cl)cc2)nc2ccc(C)cc12)N1C=NCC1.Cl.Cl.N. The van der Waals surface area contributed by atoms with Crippen LogP contribution in [-0.4, -0.2) is 46.9 Å². The van der Waals surface area contributed by atoms with E-state index in [1.807, 2.05) is 42.8 Å². The van der Waals surface area contributed by atoms with Crippen molar-refractivity contribution in [2.24, 2.45) is 4.99 Å². The Kier molecular flexibility index (Phi) is 13.0. The fraction of sp³-hybridized carbons (Fsp3) is 0.346. The van der Waals surface area contributed by atoms with Gasteiger partial charge < -0.3 is 16.4 Å². The average molecular weight is 538 g/mol. The summed E-state index contributed by atoms with van der Waals surface area (Å²) in [6, 6.07) is 14.5. The third kappa shape index (κ3) is 8.36. The molecule has 0 saturated heterocycles. The van der Waals surface area contributed by atoms with Crippen LogP contribution in [-0.2, 0) is 0 Å². The number of hydrogen-bond acceptors (Lipinski definition) is 6. The quantitative estimate of drug-likeness (QED) is 0.304. The summed E-state index contributed by atoms with van der Waals surface area (Å²) in [4.78, 5) is 16.4. The molecule has 2 heterocycles. The molecule has 0 saturated carbocycles. The van der Waals surface area contributed by atoms with Crippen molar-refractivity contribution in [2.75, 3.05) is 25.0 Å². The van der Waals surface area contributed by atoms with Gasteiger partial charge in [0.25, 0.3) is 0 Å². The number of nitrogens with zero attached hydrogens (tertiary/aromatic N) is 4. The van der Waals surface area contributed by atoms with Crippen molar-refractivity contribution in [3.63, 3.8) is 0 Å². The summed E-state index contributed by atoms with van der Waals surface area (Å²) < 4.78 is 0. The third-order valence-electron chi connectivity index (χ3n) is 5.75. The summed E-state index contributed by atoms with van der Waals surface area (Å²) in [7, 11) is 0. The molecule has 2 aromatic carbocycles. The number of fused-ring (bicyclic) bond motifs is 1. The number of aromatic nitrogens is 2. The molecule has 1 aliphatic heterocycles. The van der Waals surface area contributed by atoms with E-state index in [4.69, 9.17) is 21.6 Å². The highest BCUT2D eigenvalue weighted by atomic mass is 35.5. The van der Waals surface area contributed by atoms with Crippen LogP contribution in [0.5, 0.6) is 0 Å². The molecule has 1 atom stereocenters. The number of halogens is 3. The van der Waals surface area contributed by atoms with Gasteiger partial charge in [0.1, 0.15) is 5.82 Å². The first kappa shape index (κ1) is 30.7. The van der Waals surface area contributed by atoms with E-state index in [1.54, 1.807) is 0 Å². The van der Waals surface area contributed by atoms with E-state index in [9.17, 15) is 0 Å². The van der Waals surface area contributed by atoms with E-state index < -0.39 is 0 Å². The van der Waals surface area contributed by atoms with E-state index >= 15 is 0 Å². The van der Waals surface area contributed by atoms with Gasteiger partial charge in [-0.1, -0.05) is 61.2 Å². The molecule has 0 amide bonds.